The number of nitrogens with zero attached hydrogens (tertiary/aromatic N) is 2. The first-order chi connectivity index (χ1) is 15.8. The molecule has 2 aliphatic rings. The van der Waals surface area contributed by atoms with Crippen LogP contribution in [-0.4, -0.2) is 67.0 Å². The van der Waals surface area contributed by atoms with E-state index >= 15 is 0 Å². The zero-order chi connectivity index (χ0) is 23.7. The molecule has 0 spiro atoms. The van der Waals surface area contributed by atoms with Gasteiger partial charge in [-0.05, 0) is 75.4 Å². The summed E-state index contributed by atoms with van der Waals surface area (Å²) in [7, 11) is 5.52. The van der Waals surface area contributed by atoms with Crippen LogP contribution in [0.3, 0.4) is 0 Å². The molecule has 0 radical (unpaired) electrons. The van der Waals surface area contributed by atoms with Crippen molar-refractivity contribution in [3.8, 4) is 11.5 Å². The molecule has 1 amide bonds. The molecule has 2 aromatic carbocycles. The number of benzene rings is 2. The molecule has 1 saturated heterocycles. The summed E-state index contributed by atoms with van der Waals surface area (Å²) in [6, 6.07) is 12.0. The number of aliphatic hydroxyl groups is 1. The van der Waals surface area contributed by atoms with Crippen LogP contribution in [0.5, 0.6) is 11.5 Å². The molecule has 2 aromatic rings. The molecular weight excluding hydrogens is 420 g/mol. The maximum absolute atomic E-state index is 13.2. The Balaban J connectivity index is 1.77. The standard InChI is InChI=1S/C26H30N2O5/c1-16-14-19-15-18(8-11-21(19)33-16)24(29)22-23(17-6-9-20(32-4)10-7-17)28(26(31)25(22)30)13-5-12-27(2)3/h6-11,15-16,23,29H,5,12-14H2,1-4H3/t16-,23+/m0/s1. The van der Waals surface area contributed by atoms with Gasteiger partial charge in [-0.2, -0.15) is 0 Å². The number of rotatable bonds is 7. The quantitative estimate of drug-likeness (QED) is 0.396. The molecule has 0 bridgehead atoms. The molecule has 2 heterocycles. The van der Waals surface area contributed by atoms with Crippen LogP contribution in [0.25, 0.3) is 5.76 Å². The minimum atomic E-state index is -0.665. The lowest BCUT2D eigenvalue weighted by atomic mass is 9.94. The number of ketones is 1. The monoisotopic (exact) mass is 450 g/mol. The highest BCUT2D eigenvalue weighted by Crippen LogP contribution is 2.41. The summed E-state index contributed by atoms with van der Waals surface area (Å²) in [6.45, 7) is 3.18. The molecule has 7 heteroatoms. The second-order valence-corrected chi connectivity index (χ2v) is 8.88. The SMILES string of the molecule is COc1ccc([C@@H]2C(=C(O)c3ccc4c(c3)C[C@H](C)O4)C(=O)C(=O)N2CCCN(C)C)cc1. The minimum Gasteiger partial charge on any atom is -0.507 e. The molecule has 0 aliphatic carbocycles. The van der Waals surface area contributed by atoms with Crippen molar-refractivity contribution in [3.05, 3.63) is 64.7 Å². The van der Waals surface area contributed by atoms with E-state index in [-0.39, 0.29) is 17.4 Å². The smallest absolute Gasteiger partial charge is 0.295 e. The van der Waals surface area contributed by atoms with Crippen LogP contribution in [0.1, 0.15) is 36.1 Å². The summed E-state index contributed by atoms with van der Waals surface area (Å²) in [6.07, 6.45) is 1.51. The normalized spacial score (nSPS) is 21.4. The van der Waals surface area contributed by atoms with Crippen LogP contribution in [0.4, 0.5) is 0 Å². The Bertz CT molecular complexity index is 1090. The largest absolute Gasteiger partial charge is 0.507 e. The summed E-state index contributed by atoms with van der Waals surface area (Å²) in [5.41, 5.74) is 2.35. The minimum absolute atomic E-state index is 0.0685. The van der Waals surface area contributed by atoms with Gasteiger partial charge in [0.2, 0.25) is 0 Å². The van der Waals surface area contributed by atoms with Crippen molar-refractivity contribution in [1.82, 2.24) is 9.80 Å². The van der Waals surface area contributed by atoms with E-state index in [0.29, 0.717) is 24.3 Å². The second-order valence-electron chi connectivity index (χ2n) is 8.88. The van der Waals surface area contributed by atoms with Crippen LogP contribution in [0.2, 0.25) is 0 Å². The molecular formula is C26H30N2O5. The van der Waals surface area contributed by atoms with Crippen molar-refractivity contribution in [2.75, 3.05) is 34.3 Å². The average Bonchev–Trinajstić information content (AvgIpc) is 3.29. The Hall–Kier alpha value is -3.32. The summed E-state index contributed by atoms with van der Waals surface area (Å²) >= 11 is 0. The fourth-order valence-corrected chi connectivity index (χ4v) is 4.53. The maximum Gasteiger partial charge on any atom is 0.295 e. The van der Waals surface area contributed by atoms with Gasteiger partial charge < -0.3 is 24.4 Å². The van der Waals surface area contributed by atoms with E-state index in [1.165, 1.54) is 0 Å². The van der Waals surface area contributed by atoms with E-state index in [2.05, 4.69) is 0 Å². The molecule has 0 unspecified atom stereocenters. The lowest BCUT2D eigenvalue weighted by molar-refractivity contribution is -0.139. The van der Waals surface area contributed by atoms with Gasteiger partial charge in [0.25, 0.3) is 11.7 Å². The van der Waals surface area contributed by atoms with Crippen molar-refractivity contribution in [3.63, 3.8) is 0 Å². The number of Topliss-reactive ketones (excluding diaryl/α,β-unsaturated/α-hetero) is 1. The number of ether oxygens (including phenoxy) is 2. The van der Waals surface area contributed by atoms with Crippen molar-refractivity contribution in [2.24, 2.45) is 0 Å². The number of methoxy groups -OCH3 is 1. The highest BCUT2D eigenvalue weighted by Gasteiger charge is 2.45. The number of fused-ring (bicyclic) bond motifs is 1. The molecule has 1 fully saturated rings. The van der Waals surface area contributed by atoms with Gasteiger partial charge >= 0.3 is 0 Å². The van der Waals surface area contributed by atoms with E-state index in [1.807, 2.05) is 50.2 Å². The Kier molecular flexibility index (Phi) is 6.42. The third kappa shape index (κ3) is 4.46. The van der Waals surface area contributed by atoms with Gasteiger partial charge in [-0.15, -0.1) is 0 Å². The first-order valence-electron chi connectivity index (χ1n) is 11.2. The van der Waals surface area contributed by atoms with Crippen LogP contribution >= 0.6 is 0 Å². The Morgan fingerprint density at radius 3 is 2.58 bits per heavy atom. The van der Waals surface area contributed by atoms with E-state index in [0.717, 1.165) is 29.8 Å². The highest BCUT2D eigenvalue weighted by atomic mass is 16.5. The number of carbonyl (C=O) groups excluding carboxylic acids is 2. The van der Waals surface area contributed by atoms with Crippen molar-refractivity contribution >= 4 is 17.4 Å². The predicted octanol–water partition coefficient (Wildman–Crippen LogP) is 3.39. The summed E-state index contributed by atoms with van der Waals surface area (Å²) in [5, 5.41) is 11.3. The fourth-order valence-electron chi connectivity index (χ4n) is 4.53. The molecule has 7 nitrogen and oxygen atoms in total. The highest BCUT2D eigenvalue weighted by molar-refractivity contribution is 6.46. The lowest BCUT2D eigenvalue weighted by Crippen LogP contribution is -2.32. The molecule has 4 rings (SSSR count). The summed E-state index contributed by atoms with van der Waals surface area (Å²) in [5.74, 6) is 0.0510. The molecule has 33 heavy (non-hydrogen) atoms. The molecule has 0 saturated carbocycles. The fraction of sp³-hybridized carbons (Fsp3) is 0.385. The third-order valence-corrected chi connectivity index (χ3v) is 6.15. The second kappa shape index (κ2) is 9.27. The number of hydrogen-bond donors (Lipinski definition) is 1. The Morgan fingerprint density at radius 1 is 1.18 bits per heavy atom. The molecule has 0 aromatic heterocycles. The first kappa shape index (κ1) is 22.9. The van der Waals surface area contributed by atoms with Crippen LogP contribution in [0.15, 0.2) is 48.0 Å². The van der Waals surface area contributed by atoms with Gasteiger partial charge in [-0.1, -0.05) is 12.1 Å². The molecule has 2 atom stereocenters. The van der Waals surface area contributed by atoms with E-state index in [9.17, 15) is 14.7 Å². The number of likely N-dealkylation sites (tertiary alicyclic amines) is 1. The van der Waals surface area contributed by atoms with Gasteiger partial charge in [0, 0.05) is 18.5 Å². The molecule has 1 N–H and O–H groups in total. The van der Waals surface area contributed by atoms with Crippen LogP contribution in [0, 0.1) is 0 Å². The first-order valence-corrected chi connectivity index (χ1v) is 11.2. The number of aliphatic hydroxyl groups excluding tert-OH is 1. The van der Waals surface area contributed by atoms with Crippen LogP contribution < -0.4 is 9.47 Å². The van der Waals surface area contributed by atoms with Gasteiger partial charge in [0.05, 0.1) is 18.7 Å². The third-order valence-electron chi connectivity index (χ3n) is 6.15. The van der Waals surface area contributed by atoms with E-state index in [1.54, 1.807) is 30.2 Å². The number of carbonyl (C=O) groups is 2. The van der Waals surface area contributed by atoms with Crippen molar-refractivity contribution < 1.29 is 24.2 Å². The predicted molar refractivity (Wildman–Crippen MR) is 125 cm³/mol. The lowest BCUT2D eigenvalue weighted by Gasteiger charge is -2.26. The van der Waals surface area contributed by atoms with Gasteiger partial charge in [0.15, 0.2) is 0 Å². The van der Waals surface area contributed by atoms with Gasteiger partial charge in [-0.25, -0.2) is 0 Å². The zero-order valence-electron chi connectivity index (χ0n) is 19.5. The van der Waals surface area contributed by atoms with Gasteiger partial charge in [0.1, 0.15) is 23.4 Å². The summed E-state index contributed by atoms with van der Waals surface area (Å²) < 4.78 is 11.0. The van der Waals surface area contributed by atoms with Crippen molar-refractivity contribution in [2.45, 2.75) is 31.9 Å². The van der Waals surface area contributed by atoms with Crippen LogP contribution in [-0.2, 0) is 16.0 Å². The maximum atomic E-state index is 13.2. The zero-order valence-corrected chi connectivity index (χ0v) is 19.5. The van der Waals surface area contributed by atoms with Gasteiger partial charge in [-0.3, -0.25) is 9.59 Å². The topological polar surface area (TPSA) is 79.3 Å². The Morgan fingerprint density at radius 2 is 1.91 bits per heavy atom. The molecule has 2 aliphatic heterocycles. The van der Waals surface area contributed by atoms with Crippen molar-refractivity contribution in [1.29, 1.82) is 0 Å². The number of amides is 1. The Labute approximate surface area is 194 Å². The van der Waals surface area contributed by atoms with E-state index in [4.69, 9.17) is 9.47 Å². The molecule has 174 valence electrons. The number of hydrogen-bond acceptors (Lipinski definition) is 6. The summed E-state index contributed by atoms with van der Waals surface area (Å²) in [4.78, 5) is 29.8. The van der Waals surface area contributed by atoms with E-state index < -0.39 is 17.7 Å². The average molecular weight is 451 g/mol.